The van der Waals surface area contributed by atoms with Gasteiger partial charge < -0.3 is 5.32 Å². The average Bonchev–Trinajstić information content (AvgIpc) is 3.14. The summed E-state index contributed by atoms with van der Waals surface area (Å²) in [5, 5.41) is 8.91. The first kappa shape index (κ1) is 13.9. The minimum absolute atomic E-state index is 0.696. The second kappa shape index (κ2) is 6.07. The summed E-state index contributed by atoms with van der Waals surface area (Å²) in [5.41, 5.74) is 2.16. The van der Waals surface area contributed by atoms with Crippen LogP contribution in [-0.4, -0.2) is 22.4 Å². The number of halogens is 1. The average molecular weight is 270 g/mol. The zero-order chi connectivity index (χ0) is 13.1. The van der Waals surface area contributed by atoms with Crippen molar-refractivity contribution in [3.05, 3.63) is 16.4 Å². The fourth-order valence-electron chi connectivity index (χ4n) is 2.25. The van der Waals surface area contributed by atoms with Crippen molar-refractivity contribution in [3.8, 4) is 0 Å². The van der Waals surface area contributed by atoms with Crippen LogP contribution in [0.15, 0.2) is 0 Å². The molecule has 0 bridgehead atoms. The van der Waals surface area contributed by atoms with Crippen LogP contribution in [0.25, 0.3) is 0 Å². The Morgan fingerprint density at radius 3 is 2.83 bits per heavy atom. The van der Waals surface area contributed by atoms with Crippen LogP contribution < -0.4 is 5.32 Å². The van der Waals surface area contributed by atoms with Gasteiger partial charge in [0, 0.05) is 12.6 Å². The van der Waals surface area contributed by atoms with Gasteiger partial charge in [0.15, 0.2) is 0 Å². The Morgan fingerprint density at radius 2 is 2.22 bits per heavy atom. The molecule has 0 aliphatic heterocycles. The van der Waals surface area contributed by atoms with E-state index in [2.05, 4.69) is 24.3 Å². The smallest absolute Gasteiger partial charge is 0.0847 e. The maximum absolute atomic E-state index is 6.31. The van der Waals surface area contributed by atoms with Crippen LogP contribution in [0, 0.1) is 12.8 Å². The molecule has 1 fully saturated rings. The van der Waals surface area contributed by atoms with Crippen molar-refractivity contribution in [2.75, 3.05) is 6.54 Å². The Bertz CT molecular complexity index is 396. The van der Waals surface area contributed by atoms with Gasteiger partial charge in [0.2, 0.25) is 0 Å². The molecule has 0 aromatic carbocycles. The third kappa shape index (κ3) is 3.48. The Balaban J connectivity index is 1.84. The number of aryl methyl sites for hydroxylation is 2. The van der Waals surface area contributed by atoms with Crippen molar-refractivity contribution in [3.63, 3.8) is 0 Å². The molecule has 0 amide bonds. The van der Waals surface area contributed by atoms with E-state index in [9.17, 15) is 0 Å². The van der Waals surface area contributed by atoms with Gasteiger partial charge in [0.05, 0.1) is 16.4 Å². The first-order valence-electron chi connectivity index (χ1n) is 7.07. The molecule has 1 aliphatic rings. The number of hydrogen-bond donors (Lipinski definition) is 1. The SMILES string of the molecule is CCn1nc(C)c(Cl)c1CCC(C)CNC1CC1. The summed E-state index contributed by atoms with van der Waals surface area (Å²) in [6, 6.07) is 0.805. The molecule has 0 spiro atoms. The molecular formula is C14H24ClN3. The molecule has 1 aliphatic carbocycles. The fourth-order valence-corrected chi connectivity index (χ4v) is 2.48. The highest BCUT2D eigenvalue weighted by atomic mass is 35.5. The summed E-state index contributed by atoms with van der Waals surface area (Å²) in [6.07, 6.45) is 4.92. The predicted octanol–water partition coefficient (Wildman–Crippen LogP) is 3.19. The largest absolute Gasteiger partial charge is 0.314 e. The van der Waals surface area contributed by atoms with Gasteiger partial charge in [-0.3, -0.25) is 4.68 Å². The minimum Gasteiger partial charge on any atom is -0.314 e. The van der Waals surface area contributed by atoms with Crippen molar-refractivity contribution in [1.29, 1.82) is 0 Å². The van der Waals surface area contributed by atoms with E-state index in [1.165, 1.54) is 25.0 Å². The molecule has 1 atom stereocenters. The lowest BCUT2D eigenvalue weighted by Crippen LogP contribution is -2.23. The van der Waals surface area contributed by atoms with Crippen LogP contribution in [0.4, 0.5) is 0 Å². The highest BCUT2D eigenvalue weighted by Gasteiger charge is 2.21. The van der Waals surface area contributed by atoms with Crippen molar-refractivity contribution in [2.45, 2.75) is 59.0 Å². The summed E-state index contributed by atoms with van der Waals surface area (Å²) in [6.45, 7) is 8.43. The van der Waals surface area contributed by atoms with Crippen LogP contribution in [0.2, 0.25) is 5.02 Å². The quantitative estimate of drug-likeness (QED) is 0.824. The summed E-state index contributed by atoms with van der Waals surface area (Å²) >= 11 is 6.31. The topological polar surface area (TPSA) is 29.9 Å². The zero-order valence-electron chi connectivity index (χ0n) is 11.7. The Kier molecular flexibility index (Phi) is 4.68. The number of hydrogen-bond acceptors (Lipinski definition) is 2. The summed E-state index contributed by atoms with van der Waals surface area (Å²) < 4.78 is 2.04. The van der Waals surface area contributed by atoms with Gasteiger partial charge in [-0.2, -0.15) is 5.10 Å². The molecule has 0 saturated heterocycles. The van der Waals surface area contributed by atoms with E-state index in [1.807, 2.05) is 11.6 Å². The molecule has 2 rings (SSSR count). The standard InChI is InChI=1S/C14H24ClN3/c1-4-18-13(14(15)11(3)17-18)8-5-10(2)9-16-12-6-7-12/h10,12,16H,4-9H2,1-3H3. The third-order valence-electron chi connectivity index (χ3n) is 3.66. The fraction of sp³-hybridized carbons (Fsp3) is 0.786. The van der Waals surface area contributed by atoms with Crippen LogP contribution in [-0.2, 0) is 13.0 Å². The highest BCUT2D eigenvalue weighted by Crippen LogP contribution is 2.23. The molecule has 1 heterocycles. The molecule has 0 radical (unpaired) electrons. The van der Waals surface area contributed by atoms with E-state index in [4.69, 9.17) is 11.6 Å². The Labute approximate surface area is 115 Å². The summed E-state index contributed by atoms with van der Waals surface area (Å²) in [7, 11) is 0. The molecule has 3 nitrogen and oxygen atoms in total. The maximum Gasteiger partial charge on any atom is 0.0847 e. The van der Waals surface area contributed by atoms with Crippen LogP contribution in [0.5, 0.6) is 0 Å². The lowest BCUT2D eigenvalue weighted by molar-refractivity contribution is 0.469. The molecule has 1 aromatic rings. The molecular weight excluding hydrogens is 246 g/mol. The molecule has 102 valence electrons. The summed E-state index contributed by atoms with van der Waals surface area (Å²) in [4.78, 5) is 0. The highest BCUT2D eigenvalue weighted by molar-refractivity contribution is 6.31. The zero-order valence-corrected chi connectivity index (χ0v) is 12.4. The monoisotopic (exact) mass is 269 g/mol. The molecule has 4 heteroatoms. The third-order valence-corrected chi connectivity index (χ3v) is 4.15. The molecule has 1 aromatic heterocycles. The van der Waals surface area contributed by atoms with Crippen LogP contribution in [0.3, 0.4) is 0 Å². The molecule has 1 unspecified atom stereocenters. The second-order valence-electron chi connectivity index (χ2n) is 5.49. The molecule has 1 N–H and O–H groups in total. The van der Waals surface area contributed by atoms with Crippen molar-refractivity contribution in [2.24, 2.45) is 5.92 Å². The van der Waals surface area contributed by atoms with Gasteiger partial charge in [-0.05, 0) is 52.0 Å². The van der Waals surface area contributed by atoms with E-state index in [0.717, 1.165) is 36.3 Å². The van der Waals surface area contributed by atoms with Crippen molar-refractivity contribution >= 4 is 11.6 Å². The van der Waals surface area contributed by atoms with Gasteiger partial charge in [-0.15, -0.1) is 0 Å². The van der Waals surface area contributed by atoms with Gasteiger partial charge in [0.1, 0.15) is 0 Å². The summed E-state index contributed by atoms with van der Waals surface area (Å²) in [5.74, 6) is 0.696. The molecule has 18 heavy (non-hydrogen) atoms. The number of nitrogens with zero attached hydrogens (tertiary/aromatic N) is 2. The van der Waals surface area contributed by atoms with Gasteiger partial charge in [0.25, 0.3) is 0 Å². The number of rotatable bonds is 7. The van der Waals surface area contributed by atoms with E-state index in [0.29, 0.717) is 5.92 Å². The van der Waals surface area contributed by atoms with Crippen molar-refractivity contribution < 1.29 is 0 Å². The van der Waals surface area contributed by atoms with Crippen molar-refractivity contribution in [1.82, 2.24) is 15.1 Å². The van der Waals surface area contributed by atoms with E-state index >= 15 is 0 Å². The lowest BCUT2D eigenvalue weighted by atomic mass is 10.0. The van der Waals surface area contributed by atoms with Gasteiger partial charge in [-0.25, -0.2) is 0 Å². The minimum atomic E-state index is 0.696. The van der Waals surface area contributed by atoms with Crippen LogP contribution >= 0.6 is 11.6 Å². The van der Waals surface area contributed by atoms with E-state index < -0.39 is 0 Å². The molecule has 1 saturated carbocycles. The number of nitrogens with one attached hydrogen (secondary N) is 1. The Hall–Kier alpha value is -0.540. The first-order chi connectivity index (χ1) is 8.61. The normalized spacial score (nSPS) is 17.1. The van der Waals surface area contributed by atoms with E-state index in [-0.39, 0.29) is 0 Å². The maximum atomic E-state index is 6.31. The van der Waals surface area contributed by atoms with Crippen LogP contribution in [0.1, 0.15) is 44.5 Å². The van der Waals surface area contributed by atoms with Gasteiger partial charge in [-0.1, -0.05) is 18.5 Å². The Morgan fingerprint density at radius 1 is 1.50 bits per heavy atom. The second-order valence-corrected chi connectivity index (χ2v) is 5.87. The first-order valence-corrected chi connectivity index (χ1v) is 7.44. The number of aromatic nitrogens is 2. The van der Waals surface area contributed by atoms with E-state index in [1.54, 1.807) is 0 Å². The lowest BCUT2D eigenvalue weighted by Gasteiger charge is -2.13. The van der Waals surface area contributed by atoms with Gasteiger partial charge >= 0.3 is 0 Å². The predicted molar refractivity (Wildman–Crippen MR) is 76.2 cm³/mol.